The summed E-state index contributed by atoms with van der Waals surface area (Å²) in [5.74, 6) is 0.194. The number of hydrogen-bond donors (Lipinski definition) is 3. The Bertz CT molecular complexity index is 773. The van der Waals surface area contributed by atoms with Crippen molar-refractivity contribution >= 4 is 39.1 Å². The molecule has 0 radical (unpaired) electrons. The lowest BCUT2D eigenvalue weighted by molar-refractivity contribution is 0.100. The van der Waals surface area contributed by atoms with E-state index in [2.05, 4.69) is 9.97 Å². The number of methoxy groups -OCH3 is 1. The molecule has 9 nitrogen and oxygen atoms in total. The second-order valence-electron chi connectivity index (χ2n) is 5.78. The maximum absolute atomic E-state index is 11.6. The number of primary amides is 1. The number of anilines is 2. The van der Waals surface area contributed by atoms with Gasteiger partial charge in [-0.3, -0.25) is 4.79 Å². The Hall–Kier alpha value is -2.17. The molecular formula is C15H21N5O4S. The summed E-state index contributed by atoms with van der Waals surface area (Å²) in [6, 6.07) is 0. The van der Waals surface area contributed by atoms with Gasteiger partial charge in [0.15, 0.2) is 0 Å². The number of rotatable bonds is 6. The Morgan fingerprint density at radius 3 is 2.72 bits per heavy atom. The number of amides is 1. The topological polar surface area (TPSA) is 137 Å². The van der Waals surface area contributed by atoms with Gasteiger partial charge in [0.05, 0.1) is 23.8 Å². The predicted molar refractivity (Wildman–Crippen MR) is 95.2 cm³/mol. The van der Waals surface area contributed by atoms with Gasteiger partial charge in [0.25, 0.3) is 5.91 Å². The molecule has 2 aromatic heterocycles. The average molecular weight is 367 g/mol. The van der Waals surface area contributed by atoms with E-state index >= 15 is 0 Å². The number of nitrogens with zero attached hydrogens (tertiary/aromatic N) is 3. The van der Waals surface area contributed by atoms with E-state index in [1.165, 1.54) is 0 Å². The number of nitrogen functional groups attached to an aromatic ring is 1. The fraction of sp³-hybridized carbons (Fsp3) is 0.533. The number of piperidine rings is 1. The van der Waals surface area contributed by atoms with Crippen molar-refractivity contribution in [2.75, 3.05) is 44.0 Å². The van der Waals surface area contributed by atoms with Crippen LogP contribution < -0.4 is 21.1 Å². The van der Waals surface area contributed by atoms with Crippen molar-refractivity contribution in [3.63, 3.8) is 0 Å². The highest BCUT2D eigenvalue weighted by Crippen LogP contribution is 2.38. The zero-order chi connectivity index (χ0) is 18.0. The van der Waals surface area contributed by atoms with Crippen molar-refractivity contribution in [1.82, 2.24) is 9.97 Å². The van der Waals surface area contributed by atoms with Gasteiger partial charge in [-0.15, -0.1) is 11.3 Å². The number of aromatic nitrogens is 2. The molecule has 0 unspecified atom stereocenters. The highest BCUT2D eigenvalue weighted by Gasteiger charge is 2.24. The third kappa shape index (κ3) is 3.60. The zero-order valence-corrected chi connectivity index (χ0v) is 14.7. The first-order valence-corrected chi connectivity index (χ1v) is 8.77. The Balaban J connectivity index is 2.02. The summed E-state index contributed by atoms with van der Waals surface area (Å²) in [7, 11) is 1.58. The van der Waals surface area contributed by atoms with E-state index < -0.39 is 5.91 Å². The van der Waals surface area contributed by atoms with Crippen molar-refractivity contribution in [2.45, 2.75) is 18.9 Å². The summed E-state index contributed by atoms with van der Waals surface area (Å²) < 4.78 is 10.7. The third-order valence-corrected chi connectivity index (χ3v) is 5.15. The highest BCUT2D eigenvalue weighted by atomic mass is 32.1. The number of hydrogen-bond acceptors (Lipinski definition) is 9. The van der Waals surface area contributed by atoms with E-state index in [1.54, 1.807) is 7.11 Å². The monoisotopic (exact) mass is 367 g/mol. The Kier molecular flexibility index (Phi) is 5.21. The fourth-order valence-electron chi connectivity index (χ4n) is 2.70. The second kappa shape index (κ2) is 7.38. The average Bonchev–Trinajstić information content (AvgIpc) is 2.93. The SMILES string of the molecule is COCCOc1nc(N2CCC(O)CC2)nc2sc(C(N)=O)c(N)c12. The summed E-state index contributed by atoms with van der Waals surface area (Å²) >= 11 is 1.13. The van der Waals surface area contributed by atoms with Crippen LogP contribution in [-0.2, 0) is 4.74 Å². The van der Waals surface area contributed by atoms with Gasteiger partial charge in [-0.25, -0.2) is 4.98 Å². The van der Waals surface area contributed by atoms with Gasteiger partial charge in [0.1, 0.15) is 16.3 Å². The summed E-state index contributed by atoms with van der Waals surface area (Å²) in [5.41, 5.74) is 11.7. The number of thiophene rings is 1. The fourth-order valence-corrected chi connectivity index (χ4v) is 3.63. The lowest BCUT2D eigenvalue weighted by Crippen LogP contribution is -2.36. The maximum Gasteiger partial charge on any atom is 0.260 e. The first kappa shape index (κ1) is 17.6. The van der Waals surface area contributed by atoms with Crippen molar-refractivity contribution < 1.29 is 19.4 Å². The minimum absolute atomic E-state index is 0.237. The molecule has 136 valence electrons. The van der Waals surface area contributed by atoms with Crippen LogP contribution in [0.15, 0.2) is 0 Å². The molecule has 1 aliphatic heterocycles. The van der Waals surface area contributed by atoms with E-state index in [4.69, 9.17) is 20.9 Å². The van der Waals surface area contributed by atoms with Gasteiger partial charge in [-0.05, 0) is 12.8 Å². The highest BCUT2D eigenvalue weighted by molar-refractivity contribution is 7.21. The van der Waals surface area contributed by atoms with Crippen molar-refractivity contribution in [3.05, 3.63) is 4.88 Å². The molecule has 3 heterocycles. The van der Waals surface area contributed by atoms with E-state index in [0.717, 1.165) is 11.3 Å². The number of aliphatic hydroxyl groups is 1. The molecule has 1 aliphatic rings. The van der Waals surface area contributed by atoms with Crippen LogP contribution in [0.3, 0.4) is 0 Å². The lowest BCUT2D eigenvalue weighted by atomic mass is 10.1. The van der Waals surface area contributed by atoms with Crippen LogP contribution >= 0.6 is 11.3 Å². The molecule has 2 aromatic rings. The van der Waals surface area contributed by atoms with Gasteiger partial charge in [-0.1, -0.05) is 0 Å². The van der Waals surface area contributed by atoms with Gasteiger partial charge in [0, 0.05) is 20.2 Å². The molecule has 0 aromatic carbocycles. The standard InChI is InChI=1S/C15H21N5O4S/c1-23-6-7-24-13-9-10(16)11(12(17)22)25-14(9)19-15(18-13)20-4-2-8(21)3-5-20/h8,21H,2-7,16H2,1H3,(H2,17,22). The van der Waals surface area contributed by atoms with E-state index in [0.29, 0.717) is 61.2 Å². The number of aliphatic hydroxyl groups excluding tert-OH is 1. The molecule has 10 heteroatoms. The summed E-state index contributed by atoms with van der Waals surface area (Å²) in [6.45, 7) is 1.98. The molecule has 25 heavy (non-hydrogen) atoms. The molecular weight excluding hydrogens is 346 g/mol. The largest absolute Gasteiger partial charge is 0.475 e. The molecule has 1 amide bonds. The second-order valence-corrected chi connectivity index (χ2v) is 6.78. The number of carbonyl (C=O) groups excluding carboxylic acids is 1. The molecule has 1 saturated heterocycles. The van der Waals surface area contributed by atoms with Crippen LogP contribution in [0, 0.1) is 0 Å². The summed E-state index contributed by atoms with van der Waals surface area (Å²) in [6.07, 6.45) is 1.01. The van der Waals surface area contributed by atoms with Crippen LogP contribution in [0.4, 0.5) is 11.6 Å². The predicted octanol–water partition coefficient (Wildman–Crippen LogP) is 0.359. The summed E-state index contributed by atoms with van der Waals surface area (Å²) in [4.78, 5) is 23.4. The van der Waals surface area contributed by atoms with Gasteiger partial charge in [-0.2, -0.15) is 4.98 Å². The molecule has 0 aliphatic carbocycles. The third-order valence-electron chi connectivity index (χ3n) is 4.04. The van der Waals surface area contributed by atoms with Crippen molar-refractivity contribution in [1.29, 1.82) is 0 Å². The van der Waals surface area contributed by atoms with E-state index in [9.17, 15) is 9.90 Å². The Morgan fingerprint density at radius 1 is 1.36 bits per heavy atom. The minimum atomic E-state index is -0.606. The van der Waals surface area contributed by atoms with Crippen molar-refractivity contribution in [3.8, 4) is 5.88 Å². The lowest BCUT2D eigenvalue weighted by Gasteiger charge is -2.29. The van der Waals surface area contributed by atoms with E-state index in [1.807, 2.05) is 4.90 Å². The number of ether oxygens (including phenoxy) is 2. The molecule has 3 rings (SSSR count). The normalized spacial score (nSPS) is 15.7. The van der Waals surface area contributed by atoms with Crippen LogP contribution in [0.5, 0.6) is 5.88 Å². The van der Waals surface area contributed by atoms with Crippen LogP contribution in [-0.4, -0.2) is 60.5 Å². The first-order valence-electron chi connectivity index (χ1n) is 7.95. The molecule has 0 bridgehead atoms. The minimum Gasteiger partial charge on any atom is -0.475 e. The van der Waals surface area contributed by atoms with E-state index in [-0.39, 0.29) is 16.7 Å². The van der Waals surface area contributed by atoms with Crippen LogP contribution in [0.1, 0.15) is 22.5 Å². The zero-order valence-electron chi connectivity index (χ0n) is 13.9. The number of nitrogens with two attached hydrogens (primary N) is 2. The van der Waals surface area contributed by atoms with Crippen LogP contribution in [0.25, 0.3) is 10.2 Å². The smallest absolute Gasteiger partial charge is 0.260 e. The summed E-state index contributed by atoms with van der Waals surface area (Å²) in [5, 5.41) is 10.2. The van der Waals surface area contributed by atoms with Gasteiger partial charge < -0.3 is 30.9 Å². The Labute approximate surface area is 148 Å². The maximum atomic E-state index is 11.6. The molecule has 1 fully saturated rings. The number of carbonyl (C=O) groups is 1. The van der Waals surface area contributed by atoms with Gasteiger partial charge in [0.2, 0.25) is 11.8 Å². The van der Waals surface area contributed by atoms with Crippen molar-refractivity contribution in [2.24, 2.45) is 5.73 Å². The molecule has 0 atom stereocenters. The molecule has 0 saturated carbocycles. The number of fused-ring (bicyclic) bond motifs is 1. The molecule has 5 N–H and O–H groups in total. The first-order chi connectivity index (χ1) is 12.0. The Morgan fingerprint density at radius 2 is 2.08 bits per heavy atom. The molecule has 0 spiro atoms. The van der Waals surface area contributed by atoms with Crippen LogP contribution in [0.2, 0.25) is 0 Å². The van der Waals surface area contributed by atoms with Gasteiger partial charge >= 0.3 is 0 Å². The quantitative estimate of drug-likeness (QED) is 0.622.